The van der Waals surface area contributed by atoms with Gasteiger partial charge in [-0.1, -0.05) is 13.0 Å². The Morgan fingerprint density at radius 3 is 2.90 bits per heavy atom. The summed E-state index contributed by atoms with van der Waals surface area (Å²) < 4.78 is 46.2. The molecule has 0 spiro atoms. The summed E-state index contributed by atoms with van der Waals surface area (Å²) in [4.78, 5) is -0.350. The molecule has 2 atom stereocenters. The minimum absolute atomic E-state index is 0.0629. The maximum absolute atomic E-state index is 13.8. The van der Waals surface area contributed by atoms with Crippen molar-refractivity contribution in [2.45, 2.75) is 37.3 Å². The summed E-state index contributed by atoms with van der Waals surface area (Å²) in [6, 6.07) is 3.89. The first kappa shape index (κ1) is 16.4. The Balaban J connectivity index is 2.11. The van der Waals surface area contributed by atoms with Crippen molar-refractivity contribution in [1.82, 2.24) is 4.72 Å². The quantitative estimate of drug-likeness (QED) is 0.831. The minimum atomic E-state index is -3.88. The van der Waals surface area contributed by atoms with E-state index in [4.69, 9.17) is 10.5 Å². The van der Waals surface area contributed by atoms with E-state index in [0.29, 0.717) is 12.2 Å². The number of nitrogens with two attached hydrogens (primary N) is 1. The van der Waals surface area contributed by atoms with Gasteiger partial charge in [-0.2, -0.15) is 0 Å². The van der Waals surface area contributed by atoms with Crippen LogP contribution < -0.4 is 10.5 Å². The van der Waals surface area contributed by atoms with Crippen LogP contribution in [0.5, 0.6) is 0 Å². The zero-order chi connectivity index (χ0) is 15.5. The van der Waals surface area contributed by atoms with Crippen LogP contribution in [0.1, 0.15) is 25.3 Å². The largest absolute Gasteiger partial charge is 0.378 e. The van der Waals surface area contributed by atoms with Gasteiger partial charge < -0.3 is 10.5 Å². The zero-order valence-corrected chi connectivity index (χ0v) is 12.8. The van der Waals surface area contributed by atoms with Crippen LogP contribution in [0.25, 0.3) is 0 Å². The lowest BCUT2D eigenvalue weighted by Crippen LogP contribution is -2.33. The molecule has 3 N–H and O–H groups in total. The molecule has 1 aromatic carbocycles. The van der Waals surface area contributed by atoms with Crippen LogP contribution in [-0.2, 0) is 21.3 Å². The van der Waals surface area contributed by atoms with E-state index >= 15 is 0 Å². The lowest BCUT2D eigenvalue weighted by atomic mass is 10.0. The Kier molecular flexibility index (Phi) is 5.32. The molecule has 5 nitrogen and oxygen atoms in total. The number of halogens is 1. The van der Waals surface area contributed by atoms with Gasteiger partial charge in [0.15, 0.2) is 0 Å². The van der Waals surface area contributed by atoms with Gasteiger partial charge in [0, 0.05) is 25.6 Å². The average molecular weight is 316 g/mol. The normalized spacial score (nSPS) is 22.6. The molecule has 0 amide bonds. The number of hydrogen-bond donors (Lipinski definition) is 2. The molecule has 0 radical (unpaired) electrons. The summed E-state index contributed by atoms with van der Waals surface area (Å²) in [5.41, 5.74) is 6.04. The molecule has 7 heteroatoms. The highest BCUT2D eigenvalue weighted by Crippen LogP contribution is 2.23. The number of sulfonamides is 1. The van der Waals surface area contributed by atoms with Gasteiger partial charge in [0.1, 0.15) is 10.7 Å². The van der Waals surface area contributed by atoms with E-state index in [1.165, 1.54) is 12.1 Å². The van der Waals surface area contributed by atoms with Gasteiger partial charge in [-0.05, 0) is 30.5 Å². The minimum Gasteiger partial charge on any atom is -0.378 e. The van der Waals surface area contributed by atoms with E-state index in [9.17, 15) is 12.8 Å². The molecule has 2 unspecified atom stereocenters. The molecular weight excluding hydrogens is 295 g/mol. The third kappa shape index (κ3) is 3.79. The molecule has 1 aliphatic heterocycles. The topological polar surface area (TPSA) is 81.4 Å². The number of nitrogens with one attached hydrogen (secondary N) is 1. The molecule has 0 bridgehead atoms. The molecule has 1 heterocycles. The fraction of sp³-hybridized carbons (Fsp3) is 0.571. The van der Waals surface area contributed by atoms with Crippen LogP contribution in [-0.4, -0.2) is 27.7 Å². The van der Waals surface area contributed by atoms with Crippen LogP contribution >= 0.6 is 0 Å². The predicted molar refractivity (Wildman–Crippen MR) is 77.6 cm³/mol. The van der Waals surface area contributed by atoms with Gasteiger partial charge in [-0.3, -0.25) is 0 Å². The molecule has 1 fully saturated rings. The summed E-state index contributed by atoms with van der Waals surface area (Å²) in [5.74, 6) is -0.639. The van der Waals surface area contributed by atoms with Gasteiger partial charge in [0.05, 0.1) is 6.10 Å². The molecule has 118 valence electrons. The van der Waals surface area contributed by atoms with Gasteiger partial charge in [0.2, 0.25) is 10.0 Å². The molecule has 21 heavy (non-hydrogen) atoms. The van der Waals surface area contributed by atoms with Crippen molar-refractivity contribution in [1.29, 1.82) is 0 Å². The Morgan fingerprint density at radius 1 is 1.48 bits per heavy atom. The van der Waals surface area contributed by atoms with Gasteiger partial charge >= 0.3 is 0 Å². The second-order valence-corrected chi connectivity index (χ2v) is 6.92. The molecule has 0 aliphatic carbocycles. The maximum Gasteiger partial charge on any atom is 0.243 e. The summed E-state index contributed by atoms with van der Waals surface area (Å²) in [6.07, 6.45) is 1.71. The predicted octanol–water partition coefficient (Wildman–Crippen LogP) is 1.38. The van der Waals surface area contributed by atoms with Crippen molar-refractivity contribution in [3.8, 4) is 0 Å². The van der Waals surface area contributed by atoms with Crippen LogP contribution in [0.4, 0.5) is 4.39 Å². The van der Waals surface area contributed by atoms with Gasteiger partial charge in [0.25, 0.3) is 0 Å². The highest BCUT2D eigenvalue weighted by atomic mass is 32.2. The van der Waals surface area contributed by atoms with Crippen molar-refractivity contribution in [2.24, 2.45) is 11.7 Å². The second-order valence-electron chi connectivity index (χ2n) is 5.19. The van der Waals surface area contributed by atoms with E-state index in [0.717, 1.165) is 18.9 Å². The number of ether oxygens (including phenoxy) is 1. The van der Waals surface area contributed by atoms with Crippen molar-refractivity contribution in [2.75, 3.05) is 13.2 Å². The number of rotatable bonds is 6. The van der Waals surface area contributed by atoms with Crippen molar-refractivity contribution < 1.29 is 17.5 Å². The summed E-state index contributed by atoms with van der Waals surface area (Å²) in [5, 5.41) is 0. The summed E-state index contributed by atoms with van der Waals surface area (Å²) in [7, 11) is -3.88. The number of benzene rings is 1. The third-order valence-electron chi connectivity index (χ3n) is 3.81. The zero-order valence-electron chi connectivity index (χ0n) is 12.0. The first-order valence-electron chi connectivity index (χ1n) is 7.07. The van der Waals surface area contributed by atoms with Crippen LogP contribution in [0.3, 0.4) is 0 Å². The molecule has 2 rings (SSSR count). The van der Waals surface area contributed by atoms with Gasteiger partial charge in [-0.25, -0.2) is 17.5 Å². The smallest absolute Gasteiger partial charge is 0.243 e. The summed E-state index contributed by atoms with van der Waals surface area (Å²) in [6.45, 7) is 3.06. The Hall–Kier alpha value is -1.02. The molecule has 1 saturated heterocycles. The SMILES string of the molecule is CCC1OCCC1CNS(=O)(=O)c1cc(CN)ccc1F. The molecule has 1 aliphatic rings. The van der Waals surface area contributed by atoms with Crippen LogP contribution in [0.2, 0.25) is 0 Å². The molecular formula is C14H21FN2O3S. The molecule has 0 saturated carbocycles. The second kappa shape index (κ2) is 6.83. The highest BCUT2D eigenvalue weighted by Gasteiger charge is 2.29. The summed E-state index contributed by atoms with van der Waals surface area (Å²) >= 11 is 0. The third-order valence-corrected chi connectivity index (χ3v) is 5.24. The fourth-order valence-electron chi connectivity index (χ4n) is 2.55. The van der Waals surface area contributed by atoms with E-state index in [-0.39, 0.29) is 30.0 Å². The lowest BCUT2D eigenvalue weighted by molar-refractivity contribution is 0.0884. The molecule has 1 aromatic rings. The molecule has 0 aromatic heterocycles. The van der Waals surface area contributed by atoms with Crippen molar-refractivity contribution in [3.63, 3.8) is 0 Å². The standard InChI is InChI=1S/C14H21FN2O3S/c1-2-13-11(5-6-20-13)9-17-21(18,19)14-7-10(8-16)3-4-12(14)15/h3-4,7,11,13,17H,2,5-6,8-9,16H2,1H3. The van der Waals surface area contributed by atoms with Gasteiger partial charge in [-0.15, -0.1) is 0 Å². The fourth-order valence-corrected chi connectivity index (χ4v) is 3.77. The Labute approximate surface area is 124 Å². The van der Waals surface area contributed by atoms with Crippen LogP contribution in [0, 0.1) is 11.7 Å². The monoisotopic (exact) mass is 316 g/mol. The average Bonchev–Trinajstić information content (AvgIpc) is 2.93. The Bertz CT molecular complexity index is 592. The highest BCUT2D eigenvalue weighted by molar-refractivity contribution is 7.89. The van der Waals surface area contributed by atoms with E-state index < -0.39 is 15.8 Å². The van der Waals surface area contributed by atoms with Crippen LogP contribution in [0.15, 0.2) is 23.1 Å². The van der Waals surface area contributed by atoms with Crippen molar-refractivity contribution >= 4 is 10.0 Å². The Morgan fingerprint density at radius 2 is 2.24 bits per heavy atom. The first-order valence-corrected chi connectivity index (χ1v) is 8.56. The maximum atomic E-state index is 13.8. The van der Waals surface area contributed by atoms with E-state index in [1.807, 2.05) is 6.92 Å². The number of hydrogen-bond acceptors (Lipinski definition) is 4. The van der Waals surface area contributed by atoms with E-state index in [1.54, 1.807) is 0 Å². The lowest BCUT2D eigenvalue weighted by Gasteiger charge is -2.17. The van der Waals surface area contributed by atoms with E-state index in [2.05, 4.69) is 4.72 Å². The van der Waals surface area contributed by atoms with Crippen molar-refractivity contribution in [3.05, 3.63) is 29.6 Å². The first-order chi connectivity index (χ1) is 9.97.